The molecule has 0 aliphatic carbocycles. The molecule has 136 valence electrons. The Morgan fingerprint density at radius 3 is 2.72 bits per heavy atom. The number of carbonyl (C=O) groups is 1. The van der Waals surface area contributed by atoms with E-state index in [4.69, 9.17) is 9.15 Å². The van der Waals surface area contributed by atoms with Crippen molar-refractivity contribution in [3.05, 3.63) is 47.9 Å². The Hall–Kier alpha value is -2.36. The zero-order chi connectivity index (χ0) is 18.4. The van der Waals surface area contributed by atoms with Crippen molar-refractivity contribution in [2.75, 3.05) is 19.0 Å². The molecule has 2 aromatic rings. The minimum Gasteiger partial charge on any atom is -0.478 e. The van der Waals surface area contributed by atoms with Crippen LogP contribution in [0.25, 0.3) is 0 Å². The van der Waals surface area contributed by atoms with E-state index in [0.717, 1.165) is 6.07 Å². The predicted molar refractivity (Wildman–Crippen MR) is 91.1 cm³/mol. The molecule has 0 saturated carbocycles. The summed E-state index contributed by atoms with van der Waals surface area (Å²) >= 11 is 0. The summed E-state index contributed by atoms with van der Waals surface area (Å²) < 4.78 is 37.1. The van der Waals surface area contributed by atoms with E-state index < -0.39 is 16.0 Å². The van der Waals surface area contributed by atoms with Crippen LogP contribution in [0.1, 0.15) is 23.0 Å². The fourth-order valence-corrected chi connectivity index (χ4v) is 3.23. The van der Waals surface area contributed by atoms with Crippen molar-refractivity contribution in [2.45, 2.75) is 24.4 Å². The average Bonchev–Trinajstić information content (AvgIpc) is 3.06. The van der Waals surface area contributed by atoms with E-state index in [1.165, 1.54) is 25.5 Å². The Balaban J connectivity index is 2.23. The molecule has 0 bridgehead atoms. The molecular weight excluding hydrogens is 348 g/mol. The van der Waals surface area contributed by atoms with Gasteiger partial charge in [-0.25, -0.2) is 17.9 Å². The lowest BCUT2D eigenvalue weighted by molar-refractivity contribution is 0.0697. The maximum Gasteiger partial charge on any atom is 0.337 e. The summed E-state index contributed by atoms with van der Waals surface area (Å²) in [5, 5.41) is 12.4. The van der Waals surface area contributed by atoms with Gasteiger partial charge in [0.2, 0.25) is 10.0 Å². The number of ether oxygens (including phenoxy) is 1. The first-order chi connectivity index (χ1) is 11.8. The average molecular weight is 368 g/mol. The zero-order valence-electron chi connectivity index (χ0n) is 13.9. The van der Waals surface area contributed by atoms with Crippen molar-refractivity contribution in [3.8, 4) is 0 Å². The van der Waals surface area contributed by atoms with Crippen molar-refractivity contribution in [3.63, 3.8) is 0 Å². The van der Waals surface area contributed by atoms with Crippen LogP contribution in [0, 0.1) is 0 Å². The van der Waals surface area contributed by atoms with Gasteiger partial charge in [-0.05, 0) is 37.3 Å². The topological polar surface area (TPSA) is 118 Å². The number of anilines is 1. The molecule has 9 heteroatoms. The summed E-state index contributed by atoms with van der Waals surface area (Å²) in [7, 11) is -2.34. The van der Waals surface area contributed by atoms with Crippen molar-refractivity contribution < 1.29 is 27.5 Å². The smallest absolute Gasteiger partial charge is 0.337 e. The monoisotopic (exact) mass is 368 g/mol. The number of furan rings is 1. The molecular formula is C16H20N2O6S. The Morgan fingerprint density at radius 2 is 2.12 bits per heavy atom. The number of hydrogen-bond donors (Lipinski definition) is 3. The van der Waals surface area contributed by atoms with Gasteiger partial charge in [0.05, 0.1) is 29.9 Å². The van der Waals surface area contributed by atoms with E-state index in [2.05, 4.69) is 10.0 Å². The van der Waals surface area contributed by atoms with E-state index in [0.29, 0.717) is 18.1 Å². The molecule has 1 aromatic heterocycles. The third kappa shape index (κ3) is 5.05. The van der Waals surface area contributed by atoms with E-state index in [1.54, 1.807) is 12.1 Å². The van der Waals surface area contributed by atoms with Crippen LogP contribution in [0.5, 0.6) is 0 Å². The number of benzene rings is 1. The van der Waals surface area contributed by atoms with Crippen molar-refractivity contribution in [2.24, 2.45) is 0 Å². The minimum absolute atomic E-state index is 0.0252. The molecule has 0 spiro atoms. The van der Waals surface area contributed by atoms with Gasteiger partial charge in [-0.15, -0.1) is 0 Å². The number of carboxylic acids is 1. The van der Waals surface area contributed by atoms with Crippen LogP contribution in [0.15, 0.2) is 45.9 Å². The van der Waals surface area contributed by atoms with Crippen LogP contribution >= 0.6 is 0 Å². The van der Waals surface area contributed by atoms with Gasteiger partial charge in [-0.2, -0.15) is 0 Å². The van der Waals surface area contributed by atoms with Gasteiger partial charge in [0, 0.05) is 18.8 Å². The first-order valence-electron chi connectivity index (χ1n) is 7.48. The molecule has 0 aliphatic heterocycles. The lowest BCUT2D eigenvalue weighted by Crippen LogP contribution is -2.24. The molecule has 25 heavy (non-hydrogen) atoms. The van der Waals surface area contributed by atoms with Crippen molar-refractivity contribution >= 4 is 21.7 Å². The third-order valence-electron chi connectivity index (χ3n) is 3.37. The summed E-state index contributed by atoms with van der Waals surface area (Å²) in [6, 6.07) is 7.04. The van der Waals surface area contributed by atoms with Crippen LogP contribution in [0.2, 0.25) is 0 Å². The standard InChI is InChI=1S/C16H20N2O6S/c1-11(10-23-2)18-15-6-5-13(8-14(15)16(19)20)25(21,22)17-9-12-4-3-7-24-12/h3-8,11,17-18H,9-10H2,1-2H3,(H,19,20). The highest BCUT2D eigenvalue weighted by Gasteiger charge is 2.20. The Bertz CT molecular complexity index is 817. The summed E-state index contributed by atoms with van der Waals surface area (Å²) in [6.07, 6.45) is 1.44. The first-order valence-corrected chi connectivity index (χ1v) is 8.96. The van der Waals surface area contributed by atoms with E-state index in [9.17, 15) is 18.3 Å². The SMILES string of the molecule is COCC(C)Nc1ccc(S(=O)(=O)NCc2ccco2)cc1C(=O)O. The molecule has 8 nitrogen and oxygen atoms in total. The van der Waals surface area contributed by atoms with Crippen molar-refractivity contribution in [1.29, 1.82) is 0 Å². The van der Waals surface area contributed by atoms with Gasteiger partial charge >= 0.3 is 5.97 Å². The molecule has 0 aliphatic rings. The van der Waals surface area contributed by atoms with Gasteiger partial charge in [-0.1, -0.05) is 0 Å². The maximum absolute atomic E-state index is 12.4. The molecule has 1 heterocycles. The van der Waals surface area contributed by atoms with Crippen LogP contribution in [0.4, 0.5) is 5.69 Å². The van der Waals surface area contributed by atoms with Crippen LogP contribution in [0.3, 0.4) is 0 Å². The largest absolute Gasteiger partial charge is 0.478 e. The Labute approximate surface area is 145 Å². The third-order valence-corrected chi connectivity index (χ3v) is 4.77. The number of aromatic carboxylic acids is 1. The second-order valence-electron chi connectivity index (χ2n) is 5.42. The lowest BCUT2D eigenvalue weighted by Gasteiger charge is -2.17. The van der Waals surface area contributed by atoms with E-state index in [1.807, 2.05) is 6.92 Å². The molecule has 1 atom stereocenters. The number of methoxy groups -OCH3 is 1. The first kappa shape index (κ1) is 19.0. The zero-order valence-corrected chi connectivity index (χ0v) is 14.7. The van der Waals surface area contributed by atoms with Gasteiger partial charge < -0.3 is 19.6 Å². The number of sulfonamides is 1. The molecule has 0 amide bonds. The highest BCUT2D eigenvalue weighted by molar-refractivity contribution is 7.89. The molecule has 1 unspecified atom stereocenters. The molecule has 1 aromatic carbocycles. The molecule has 0 radical (unpaired) electrons. The van der Waals surface area contributed by atoms with Gasteiger partial charge in [0.1, 0.15) is 5.76 Å². The maximum atomic E-state index is 12.4. The van der Waals surface area contributed by atoms with Gasteiger partial charge in [0.25, 0.3) is 0 Å². The minimum atomic E-state index is -3.87. The number of hydrogen-bond acceptors (Lipinski definition) is 6. The molecule has 2 rings (SSSR count). The van der Waals surface area contributed by atoms with Crippen LogP contribution < -0.4 is 10.0 Å². The molecule has 0 fully saturated rings. The Kier molecular flexibility index (Phi) is 6.18. The van der Waals surface area contributed by atoms with E-state index >= 15 is 0 Å². The van der Waals surface area contributed by atoms with E-state index in [-0.39, 0.29) is 23.0 Å². The second kappa shape index (κ2) is 8.15. The molecule has 3 N–H and O–H groups in total. The van der Waals surface area contributed by atoms with Crippen molar-refractivity contribution in [1.82, 2.24) is 4.72 Å². The Morgan fingerprint density at radius 1 is 1.36 bits per heavy atom. The fourth-order valence-electron chi connectivity index (χ4n) is 2.21. The van der Waals surface area contributed by atoms with Gasteiger partial charge in [-0.3, -0.25) is 0 Å². The normalized spacial score (nSPS) is 12.7. The number of rotatable bonds is 9. The fraction of sp³-hybridized carbons (Fsp3) is 0.312. The lowest BCUT2D eigenvalue weighted by atomic mass is 10.1. The number of nitrogens with one attached hydrogen (secondary N) is 2. The van der Waals surface area contributed by atoms with Gasteiger partial charge in [0.15, 0.2) is 0 Å². The van der Waals surface area contributed by atoms with Crippen LogP contribution in [-0.2, 0) is 21.3 Å². The second-order valence-corrected chi connectivity index (χ2v) is 7.18. The summed E-state index contributed by atoms with van der Waals surface area (Å²) in [5.74, 6) is -0.774. The summed E-state index contributed by atoms with van der Waals surface area (Å²) in [6.45, 7) is 2.18. The predicted octanol–water partition coefficient (Wildman–Crippen LogP) is 1.90. The highest BCUT2D eigenvalue weighted by atomic mass is 32.2. The quantitative estimate of drug-likeness (QED) is 0.619. The molecule has 0 saturated heterocycles. The highest BCUT2D eigenvalue weighted by Crippen LogP contribution is 2.22. The van der Waals surface area contributed by atoms with Crippen LogP contribution in [-0.4, -0.2) is 39.3 Å². The number of carboxylic acid groups (broad SMARTS) is 1. The summed E-state index contributed by atoms with van der Waals surface area (Å²) in [4.78, 5) is 11.3. The summed E-state index contributed by atoms with van der Waals surface area (Å²) in [5.41, 5.74) is 0.186.